The molecular weight excluding hydrogens is 250 g/mol. The highest BCUT2D eigenvalue weighted by Crippen LogP contribution is 2.43. The minimum Gasteiger partial charge on any atom is -0.479 e. The molecule has 1 fully saturated rings. The molecule has 0 heterocycles. The van der Waals surface area contributed by atoms with Crippen LogP contribution >= 0.6 is 0 Å². The number of para-hydroxylation sites is 1. The fraction of sp³-hybridized carbons (Fsp3) is 0.588. The van der Waals surface area contributed by atoms with Gasteiger partial charge in [0.1, 0.15) is 5.54 Å². The van der Waals surface area contributed by atoms with Crippen LogP contribution in [0.25, 0.3) is 0 Å². The Labute approximate surface area is 121 Å². The Balaban J connectivity index is 2.37. The summed E-state index contributed by atoms with van der Waals surface area (Å²) in [5.41, 5.74) is 0.0577. The molecule has 3 atom stereocenters. The molecule has 3 heteroatoms. The van der Waals surface area contributed by atoms with Crippen molar-refractivity contribution in [3.8, 4) is 0 Å². The molecule has 0 saturated heterocycles. The van der Waals surface area contributed by atoms with Gasteiger partial charge in [0.25, 0.3) is 0 Å². The van der Waals surface area contributed by atoms with Gasteiger partial charge in [-0.3, -0.25) is 0 Å². The highest BCUT2D eigenvalue weighted by atomic mass is 16.4. The van der Waals surface area contributed by atoms with Crippen molar-refractivity contribution in [1.82, 2.24) is 0 Å². The van der Waals surface area contributed by atoms with Crippen LogP contribution in [0.5, 0.6) is 0 Å². The fourth-order valence-electron chi connectivity index (χ4n) is 3.64. The van der Waals surface area contributed by atoms with Crippen LogP contribution in [0, 0.1) is 17.8 Å². The van der Waals surface area contributed by atoms with Crippen LogP contribution in [-0.4, -0.2) is 16.6 Å². The number of carboxylic acids is 1. The standard InChI is InChI=1S/C17H25NO2/c1-12(2)15-10-9-13(3)11-17(15,16(19)20)18-14-7-5-4-6-8-14/h4-8,12-13,15,18H,9-11H2,1-3H3,(H,19,20). The molecule has 1 aliphatic carbocycles. The average Bonchev–Trinajstić information content (AvgIpc) is 2.39. The van der Waals surface area contributed by atoms with Crippen LogP contribution in [0.1, 0.15) is 40.0 Å². The second-order valence-electron chi connectivity index (χ2n) is 6.50. The third-order valence-corrected chi connectivity index (χ3v) is 4.60. The molecule has 0 spiro atoms. The quantitative estimate of drug-likeness (QED) is 0.872. The number of rotatable bonds is 4. The summed E-state index contributed by atoms with van der Waals surface area (Å²) < 4.78 is 0. The first kappa shape index (κ1) is 14.9. The largest absolute Gasteiger partial charge is 0.479 e. The van der Waals surface area contributed by atoms with Gasteiger partial charge in [-0.05, 0) is 42.7 Å². The summed E-state index contributed by atoms with van der Waals surface area (Å²) in [6, 6.07) is 9.72. The molecule has 0 radical (unpaired) electrons. The molecule has 1 aliphatic rings. The van der Waals surface area contributed by atoms with Crippen molar-refractivity contribution in [3.05, 3.63) is 30.3 Å². The molecular formula is C17H25NO2. The summed E-state index contributed by atoms with van der Waals surface area (Å²) in [6.45, 7) is 6.41. The number of anilines is 1. The first-order valence-corrected chi connectivity index (χ1v) is 7.52. The Bertz CT molecular complexity index is 457. The van der Waals surface area contributed by atoms with Crippen LogP contribution < -0.4 is 5.32 Å². The zero-order chi connectivity index (χ0) is 14.8. The zero-order valence-corrected chi connectivity index (χ0v) is 12.6. The summed E-state index contributed by atoms with van der Waals surface area (Å²) in [6.07, 6.45) is 2.79. The van der Waals surface area contributed by atoms with E-state index in [0.29, 0.717) is 18.3 Å². The van der Waals surface area contributed by atoms with Crippen LogP contribution in [0.15, 0.2) is 30.3 Å². The zero-order valence-electron chi connectivity index (χ0n) is 12.6. The van der Waals surface area contributed by atoms with Crippen LogP contribution in [-0.2, 0) is 4.79 Å². The van der Waals surface area contributed by atoms with E-state index in [9.17, 15) is 9.90 Å². The van der Waals surface area contributed by atoms with Crippen molar-refractivity contribution < 1.29 is 9.90 Å². The van der Waals surface area contributed by atoms with Gasteiger partial charge in [0.15, 0.2) is 0 Å². The Hall–Kier alpha value is -1.51. The SMILES string of the molecule is CC1CCC(C(C)C)C(Nc2ccccc2)(C(=O)O)C1. The number of aliphatic carboxylic acids is 1. The normalized spacial score (nSPS) is 30.2. The minimum atomic E-state index is -0.840. The molecule has 2 N–H and O–H groups in total. The predicted molar refractivity (Wildman–Crippen MR) is 81.8 cm³/mol. The Morgan fingerprint density at radius 2 is 1.95 bits per heavy atom. The average molecular weight is 275 g/mol. The lowest BCUT2D eigenvalue weighted by Gasteiger charge is -2.46. The van der Waals surface area contributed by atoms with Crippen molar-refractivity contribution in [2.24, 2.45) is 17.8 Å². The first-order valence-electron chi connectivity index (χ1n) is 7.52. The van der Waals surface area contributed by atoms with Gasteiger partial charge in [-0.1, -0.05) is 45.4 Å². The molecule has 1 aromatic carbocycles. The Morgan fingerprint density at radius 1 is 1.30 bits per heavy atom. The van der Waals surface area contributed by atoms with Gasteiger partial charge >= 0.3 is 5.97 Å². The van der Waals surface area contributed by atoms with E-state index in [1.165, 1.54) is 0 Å². The summed E-state index contributed by atoms with van der Waals surface area (Å²) in [5, 5.41) is 13.3. The molecule has 3 nitrogen and oxygen atoms in total. The maximum Gasteiger partial charge on any atom is 0.329 e. The number of hydrogen-bond donors (Lipinski definition) is 2. The van der Waals surface area contributed by atoms with Crippen LogP contribution in [0.4, 0.5) is 5.69 Å². The van der Waals surface area contributed by atoms with Crippen molar-refractivity contribution >= 4 is 11.7 Å². The molecule has 2 rings (SSSR count). The molecule has 110 valence electrons. The van der Waals surface area contributed by atoms with Crippen molar-refractivity contribution in [1.29, 1.82) is 0 Å². The number of benzene rings is 1. The second kappa shape index (κ2) is 5.86. The van der Waals surface area contributed by atoms with E-state index in [-0.39, 0.29) is 5.92 Å². The van der Waals surface area contributed by atoms with E-state index in [1.807, 2.05) is 30.3 Å². The van der Waals surface area contributed by atoms with Gasteiger partial charge in [0, 0.05) is 5.69 Å². The van der Waals surface area contributed by atoms with Crippen molar-refractivity contribution in [2.75, 3.05) is 5.32 Å². The van der Waals surface area contributed by atoms with E-state index < -0.39 is 11.5 Å². The predicted octanol–water partition coefficient (Wildman–Crippen LogP) is 4.01. The fourth-order valence-corrected chi connectivity index (χ4v) is 3.64. The van der Waals surface area contributed by atoms with E-state index >= 15 is 0 Å². The van der Waals surface area contributed by atoms with Crippen molar-refractivity contribution in [3.63, 3.8) is 0 Å². The van der Waals surface area contributed by atoms with Crippen LogP contribution in [0.2, 0.25) is 0 Å². The molecule has 0 bridgehead atoms. The summed E-state index contributed by atoms with van der Waals surface area (Å²) >= 11 is 0. The molecule has 1 aromatic rings. The van der Waals surface area contributed by atoms with E-state index in [1.54, 1.807) is 0 Å². The third-order valence-electron chi connectivity index (χ3n) is 4.60. The molecule has 3 unspecified atom stereocenters. The number of nitrogens with one attached hydrogen (secondary N) is 1. The highest BCUT2D eigenvalue weighted by molar-refractivity contribution is 5.83. The number of carbonyl (C=O) groups is 1. The monoisotopic (exact) mass is 275 g/mol. The maximum atomic E-state index is 12.1. The summed E-state index contributed by atoms with van der Waals surface area (Å²) in [7, 11) is 0. The Kier molecular flexibility index (Phi) is 4.36. The van der Waals surface area contributed by atoms with Gasteiger partial charge in [-0.25, -0.2) is 4.79 Å². The number of carboxylic acid groups (broad SMARTS) is 1. The Morgan fingerprint density at radius 3 is 2.50 bits per heavy atom. The topological polar surface area (TPSA) is 49.3 Å². The van der Waals surface area contributed by atoms with Gasteiger partial charge in [0.05, 0.1) is 0 Å². The molecule has 0 amide bonds. The second-order valence-corrected chi connectivity index (χ2v) is 6.50. The summed E-state index contributed by atoms with van der Waals surface area (Å²) in [5.74, 6) is 0.245. The lowest BCUT2D eigenvalue weighted by molar-refractivity contribution is -0.147. The van der Waals surface area contributed by atoms with Gasteiger partial charge < -0.3 is 10.4 Å². The van der Waals surface area contributed by atoms with Gasteiger partial charge in [-0.2, -0.15) is 0 Å². The lowest BCUT2D eigenvalue weighted by Crippen LogP contribution is -2.57. The van der Waals surface area contributed by atoms with Crippen LogP contribution in [0.3, 0.4) is 0 Å². The van der Waals surface area contributed by atoms with Gasteiger partial charge in [-0.15, -0.1) is 0 Å². The van der Waals surface area contributed by atoms with E-state index in [2.05, 4.69) is 26.1 Å². The number of hydrogen-bond acceptors (Lipinski definition) is 2. The lowest BCUT2D eigenvalue weighted by atomic mass is 9.64. The minimum absolute atomic E-state index is 0.163. The summed E-state index contributed by atoms with van der Waals surface area (Å²) in [4.78, 5) is 12.1. The third kappa shape index (κ3) is 2.82. The highest BCUT2D eigenvalue weighted by Gasteiger charge is 2.50. The van der Waals surface area contributed by atoms with Crippen molar-refractivity contribution in [2.45, 2.75) is 45.6 Å². The maximum absolute atomic E-state index is 12.1. The molecule has 0 aromatic heterocycles. The molecule has 20 heavy (non-hydrogen) atoms. The van der Waals surface area contributed by atoms with Gasteiger partial charge in [0.2, 0.25) is 0 Å². The molecule has 0 aliphatic heterocycles. The smallest absolute Gasteiger partial charge is 0.329 e. The van der Waals surface area contributed by atoms with E-state index in [4.69, 9.17) is 0 Å². The first-order chi connectivity index (χ1) is 9.45. The van der Waals surface area contributed by atoms with E-state index in [0.717, 1.165) is 18.5 Å². The molecule has 1 saturated carbocycles.